The van der Waals surface area contributed by atoms with Crippen molar-refractivity contribution in [3.05, 3.63) is 36.2 Å². The van der Waals surface area contributed by atoms with Gasteiger partial charge in [0, 0.05) is 30.4 Å². The number of carbonyl (C=O) groups is 2. The predicted octanol–water partition coefficient (Wildman–Crippen LogP) is 3.37. The van der Waals surface area contributed by atoms with E-state index in [1.807, 2.05) is 12.1 Å². The Bertz CT molecular complexity index is 1050. The summed E-state index contributed by atoms with van der Waals surface area (Å²) in [5, 5.41) is 10.6. The maximum atomic E-state index is 12.3. The Labute approximate surface area is 182 Å². The molecule has 3 aromatic heterocycles. The fourth-order valence-corrected chi connectivity index (χ4v) is 3.39. The fourth-order valence-electron chi connectivity index (χ4n) is 2.75. The van der Waals surface area contributed by atoms with E-state index in [2.05, 4.69) is 38.8 Å². The number of aromatic nitrogens is 4. The number of ether oxygens (including phenoxy) is 1. The highest BCUT2D eigenvalue weighted by molar-refractivity contribution is 7.63. The summed E-state index contributed by atoms with van der Waals surface area (Å²) in [6.45, 7) is 7.53. The molecule has 0 aliphatic rings. The minimum absolute atomic E-state index is 0.0393. The Kier molecular flexibility index (Phi) is 8.63. The van der Waals surface area contributed by atoms with Gasteiger partial charge in [0.1, 0.15) is 12.1 Å². The Morgan fingerprint density at radius 1 is 1.32 bits per heavy atom. The Balaban J connectivity index is 0.00000107. The molecule has 0 radical (unpaired) electrons. The highest BCUT2D eigenvalue weighted by Gasteiger charge is 2.18. The SMILES string of the molecule is CC=O.CCC(=O)c1cnc(N)cc1Nc1nccc(-c2cc(P(C)C)n[nH]2)c1OC. The molecule has 164 valence electrons. The summed E-state index contributed by atoms with van der Waals surface area (Å²) in [6.07, 6.45) is 4.26. The number of nitrogens with one attached hydrogen (secondary N) is 2. The van der Waals surface area contributed by atoms with Gasteiger partial charge in [-0.05, 0) is 32.4 Å². The second-order valence-electron chi connectivity index (χ2n) is 6.57. The molecular formula is C21H27N6O3P. The number of H-pyrrole nitrogens is 1. The second kappa shape index (κ2) is 11.2. The van der Waals surface area contributed by atoms with Crippen LogP contribution >= 0.6 is 7.92 Å². The van der Waals surface area contributed by atoms with Crippen molar-refractivity contribution in [2.24, 2.45) is 0 Å². The van der Waals surface area contributed by atoms with E-state index in [0.717, 1.165) is 23.0 Å². The first-order valence-electron chi connectivity index (χ1n) is 9.57. The smallest absolute Gasteiger partial charge is 0.173 e. The third kappa shape index (κ3) is 5.86. The molecule has 0 fully saturated rings. The molecule has 3 heterocycles. The van der Waals surface area contributed by atoms with Gasteiger partial charge in [-0.2, -0.15) is 5.10 Å². The molecule has 0 aliphatic heterocycles. The number of aromatic amines is 1. The lowest BCUT2D eigenvalue weighted by atomic mass is 10.1. The maximum absolute atomic E-state index is 12.3. The quantitative estimate of drug-likeness (QED) is 0.288. The molecule has 4 N–H and O–H groups in total. The minimum atomic E-state index is -0.317. The van der Waals surface area contributed by atoms with Crippen LogP contribution in [0.1, 0.15) is 30.6 Å². The molecule has 3 rings (SSSR count). The first-order valence-corrected chi connectivity index (χ1v) is 11.8. The number of hydrogen-bond donors (Lipinski definition) is 3. The number of hydrogen-bond acceptors (Lipinski definition) is 8. The molecule has 0 saturated carbocycles. The summed E-state index contributed by atoms with van der Waals surface area (Å²) in [5.41, 5.74) is 9.50. The van der Waals surface area contributed by atoms with Crippen LogP contribution in [0.5, 0.6) is 5.75 Å². The molecule has 9 nitrogen and oxygen atoms in total. The highest BCUT2D eigenvalue weighted by Crippen LogP contribution is 2.37. The third-order valence-electron chi connectivity index (χ3n) is 4.22. The number of pyridine rings is 2. The van der Waals surface area contributed by atoms with Crippen LogP contribution in [0.3, 0.4) is 0 Å². The first kappa shape index (κ1) is 24.0. The molecule has 0 aromatic carbocycles. The van der Waals surface area contributed by atoms with Gasteiger partial charge in [0.15, 0.2) is 17.4 Å². The molecule has 10 heteroatoms. The molecule has 0 aliphatic carbocycles. The third-order valence-corrected chi connectivity index (χ3v) is 5.37. The van der Waals surface area contributed by atoms with Crippen molar-refractivity contribution in [3.8, 4) is 17.0 Å². The van der Waals surface area contributed by atoms with Crippen LogP contribution in [0.2, 0.25) is 0 Å². The highest BCUT2D eigenvalue weighted by atomic mass is 31.1. The van der Waals surface area contributed by atoms with Crippen LogP contribution in [0, 0.1) is 0 Å². The van der Waals surface area contributed by atoms with Crippen molar-refractivity contribution in [1.82, 2.24) is 20.2 Å². The number of methoxy groups -OCH3 is 1. The van der Waals surface area contributed by atoms with Crippen LogP contribution in [0.15, 0.2) is 30.6 Å². The van der Waals surface area contributed by atoms with Gasteiger partial charge in [0.05, 0.1) is 29.5 Å². The van der Waals surface area contributed by atoms with E-state index in [1.54, 1.807) is 26.3 Å². The average Bonchev–Trinajstić information content (AvgIpc) is 3.24. The maximum Gasteiger partial charge on any atom is 0.173 e. The van der Waals surface area contributed by atoms with Gasteiger partial charge >= 0.3 is 0 Å². The number of nitrogens with two attached hydrogens (primary N) is 1. The van der Waals surface area contributed by atoms with E-state index in [9.17, 15) is 4.79 Å². The Hall–Kier alpha value is -3.32. The molecule has 0 amide bonds. The number of Topliss-reactive ketones (excluding diaryl/α,β-unsaturated/α-hetero) is 1. The molecule has 0 bridgehead atoms. The van der Waals surface area contributed by atoms with E-state index in [4.69, 9.17) is 15.3 Å². The summed E-state index contributed by atoms with van der Waals surface area (Å²) in [7, 11) is 1.26. The lowest BCUT2D eigenvalue weighted by molar-refractivity contribution is -0.106. The van der Waals surface area contributed by atoms with Crippen molar-refractivity contribution in [2.75, 3.05) is 31.5 Å². The standard InChI is InChI=1S/C19H23N6O2P.C2H4O/c1-5-15(26)12-10-22-16(20)8-13(12)23-19-18(27-2)11(6-7-21-19)14-9-17(25-24-14)28(3)4;1-2-3/h6-10H,5H2,1-4H3,(H,24,25)(H3,20,21,22,23);2H,1H3. The number of nitrogen functional groups attached to an aromatic ring is 1. The summed E-state index contributed by atoms with van der Waals surface area (Å²) in [6, 6.07) is 5.49. The zero-order valence-electron chi connectivity index (χ0n) is 18.3. The van der Waals surface area contributed by atoms with Crippen molar-refractivity contribution >= 4 is 42.7 Å². The van der Waals surface area contributed by atoms with E-state index in [1.165, 1.54) is 13.1 Å². The van der Waals surface area contributed by atoms with Gasteiger partial charge in [-0.15, -0.1) is 0 Å². The Morgan fingerprint density at radius 3 is 2.61 bits per heavy atom. The zero-order valence-corrected chi connectivity index (χ0v) is 19.2. The molecule has 3 aromatic rings. The van der Waals surface area contributed by atoms with Crippen LogP contribution in [-0.4, -0.2) is 52.7 Å². The number of ketones is 1. The summed E-state index contributed by atoms with van der Waals surface area (Å²) >= 11 is 0. The van der Waals surface area contributed by atoms with Gasteiger partial charge in [-0.25, -0.2) is 9.97 Å². The van der Waals surface area contributed by atoms with Crippen LogP contribution in [-0.2, 0) is 4.79 Å². The molecule has 0 saturated heterocycles. The summed E-state index contributed by atoms with van der Waals surface area (Å²) in [5.74, 6) is 1.28. The van der Waals surface area contributed by atoms with Crippen molar-refractivity contribution in [2.45, 2.75) is 20.3 Å². The number of anilines is 3. The lowest BCUT2D eigenvalue weighted by Crippen LogP contribution is -2.07. The van der Waals surface area contributed by atoms with E-state index in [0.29, 0.717) is 35.1 Å². The minimum Gasteiger partial charge on any atom is -0.492 e. The normalized spacial score (nSPS) is 10.3. The summed E-state index contributed by atoms with van der Waals surface area (Å²) in [4.78, 5) is 29.5. The fraction of sp³-hybridized carbons (Fsp3) is 0.286. The van der Waals surface area contributed by atoms with Crippen molar-refractivity contribution in [3.63, 3.8) is 0 Å². The van der Waals surface area contributed by atoms with Crippen molar-refractivity contribution < 1.29 is 14.3 Å². The zero-order chi connectivity index (χ0) is 23.0. The number of aldehydes is 1. The van der Waals surface area contributed by atoms with Gasteiger partial charge in [0.25, 0.3) is 0 Å². The van der Waals surface area contributed by atoms with Crippen LogP contribution < -0.4 is 21.2 Å². The Morgan fingerprint density at radius 2 is 2.03 bits per heavy atom. The second-order valence-corrected chi connectivity index (χ2v) is 8.81. The molecule has 0 atom stereocenters. The molecule has 0 spiro atoms. The van der Waals surface area contributed by atoms with Gasteiger partial charge in [0.2, 0.25) is 0 Å². The van der Waals surface area contributed by atoms with E-state index < -0.39 is 0 Å². The molecular weight excluding hydrogens is 415 g/mol. The molecule has 0 unspecified atom stereocenters. The van der Waals surface area contributed by atoms with Gasteiger partial charge in [-0.1, -0.05) is 14.8 Å². The van der Waals surface area contributed by atoms with Crippen LogP contribution in [0.4, 0.5) is 17.3 Å². The molecule has 31 heavy (non-hydrogen) atoms. The monoisotopic (exact) mass is 442 g/mol. The predicted molar refractivity (Wildman–Crippen MR) is 125 cm³/mol. The van der Waals surface area contributed by atoms with E-state index in [-0.39, 0.29) is 13.7 Å². The van der Waals surface area contributed by atoms with E-state index >= 15 is 0 Å². The first-order chi connectivity index (χ1) is 14.9. The topological polar surface area (TPSA) is 136 Å². The lowest BCUT2D eigenvalue weighted by Gasteiger charge is -2.15. The number of rotatable bonds is 7. The summed E-state index contributed by atoms with van der Waals surface area (Å²) < 4.78 is 5.63. The van der Waals surface area contributed by atoms with Crippen LogP contribution in [0.25, 0.3) is 11.3 Å². The average molecular weight is 442 g/mol. The van der Waals surface area contributed by atoms with Gasteiger partial charge in [-0.3, -0.25) is 9.89 Å². The number of nitrogens with zero attached hydrogens (tertiary/aromatic N) is 3. The van der Waals surface area contributed by atoms with Crippen molar-refractivity contribution in [1.29, 1.82) is 0 Å². The van der Waals surface area contributed by atoms with Gasteiger partial charge < -0.3 is 20.6 Å². The largest absolute Gasteiger partial charge is 0.492 e. The number of carbonyl (C=O) groups excluding carboxylic acids is 2.